The van der Waals surface area contributed by atoms with E-state index in [-0.39, 0.29) is 11.5 Å². The highest BCUT2D eigenvalue weighted by Gasteiger charge is 2.04. The van der Waals surface area contributed by atoms with Crippen molar-refractivity contribution in [3.63, 3.8) is 0 Å². The average Bonchev–Trinajstić information content (AvgIpc) is 2.37. The van der Waals surface area contributed by atoms with Gasteiger partial charge in [-0.2, -0.15) is 0 Å². The molecule has 1 aromatic heterocycles. The highest BCUT2D eigenvalue weighted by molar-refractivity contribution is 9.10. The number of aromatic nitrogens is 2. The van der Waals surface area contributed by atoms with Crippen molar-refractivity contribution >= 4 is 21.7 Å². The fourth-order valence-electron chi connectivity index (χ4n) is 1.64. The number of H-pyrrole nitrogens is 1. The van der Waals surface area contributed by atoms with E-state index in [0.717, 1.165) is 10.0 Å². The fourth-order valence-corrected chi connectivity index (χ4v) is 1.90. The van der Waals surface area contributed by atoms with Gasteiger partial charge in [-0.25, -0.2) is 4.98 Å². The number of hydrogen-bond donors (Lipinski definition) is 2. The predicted molar refractivity (Wildman–Crippen MR) is 80.4 cm³/mol. The second-order valence-electron chi connectivity index (χ2n) is 4.65. The lowest BCUT2D eigenvalue weighted by molar-refractivity contribution is 0.766. The van der Waals surface area contributed by atoms with Crippen molar-refractivity contribution in [2.45, 2.75) is 26.3 Å². The summed E-state index contributed by atoms with van der Waals surface area (Å²) in [7, 11) is 0. The molecule has 0 saturated heterocycles. The highest BCUT2D eigenvalue weighted by Crippen LogP contribution is 2.13. The molecule has 2 N–H and O–H groups in total. The van der Waals surface area contributed by atoms with E-state index in [1.54, 1.807) is 0 Å². The number of halogens is 1. The molecule has 0 fully saturated rings. The Labute approximate surface area is 120 Å². The van der Waals surface area contributed by atoms with Crippen LogP contribution in [0.3, 0.4) is 0 Å². The first kappa shape index (κ1) is 13.8. The van der Waals surface area contributed by atoms with E-state index in [1.165, 1.54) is 6.07 Å². The third kappa shape index (κ3) is 3.92. The third-order valence-electron chi connectivity index (χ3n) is 2.69. The molecule has 0 saturated carbocycles. The van der Waals surface area contributed by atoms with Gasteiger partial charge in [-0.3, -0.25) is 4.79 Å². The summed E-state index contributed by atoms with van der Waals surface area (Å²) in [4.78, 5) is 18.7. The SMILES string of the molecule is CC(C)c1nc(NCc2ccc(Br)cc2)cc(=O)[nH]1. The number of benzene rings is 1. The minimum Gasteiger partial charge on any atom is -0.366 e. The molecule has 19 heavy (non-hydrogen) atoms. The second-order valence-corrected chi connectivity index (χ2v) is 5.57. The van der Waals surface area contributed by atoms with Crippen molar-refractivity contribution in [1.82, 2.24) is 9.97 Å². The van der Waals surface area contributed by atoms with Gasteiger partial charge in [-0.15, -0.1) is 0 Å². The summed E-state index contributed by atoms with van der Waals surface area (Å²) in [6, 6.07) is 9.50. The number of aromatic amines is 1. The van der Waals surface area contributed by atoms with Gasteiger partial charge in [-0.05, 0) is 17.7 Å². The van der Waals surface area contributed by atoms with Crippen LogP contribution in [0.5, 0.6) is 0 Å². The predicted octanol–water partition coefficient (Wildman–Crippen LogP) is 3.27. The normalized spacial score (nSPS) is 10.7. The van der Waals surface area contributed by atoms with Crippen LogP contribution in [0.4, 0.5) is 5.82 Å². The molecular formula is C14H16BrN3O. The van der Waals surface area contributed by atoms with Crippen LogP contribution in [-0.4, -0.2) is 9.97 Å². The zero-order valence-electron chi connectivity index (χ0n) is 10.9. The molecule has 0 unspecified atom stereocenters. The highest BCUT2D eigenvalue weighted by atomic mass is 79.9. The van der Waals surface area contributed by atoms with Crippen LogP contribution in [0, 0.1) is 0 Å². The number of nitrogens with one attached hydrogen (secondary N) is 2. The summed E-state index contributed by atoms with van der Waals surface area (Å²) < 4.78 is 1.05. The van der Waals surface area contributed by atoms with Gasteiger partial charge in [0.15, 0.2) is 0 Å². The van der Waals surface area contributed by atoms with Crippen LogP contribution >= 0.6 is 15.9 Å². The Kier molecular flexibility index (Phi) is 4.37. The molecule has 0 amide bonds. The molecule has 1 aromatic carbocycles. The Hall–Kier alpha value is -1.62. The van der Waals surface area contributed by atoms with Gasteiger partial charge in [0.2, 0.25) is 0 Å². The van der Waals surface area contributed by atoms with Crippen molar-refractivity contribution in [2.24, 2.45) is 0 Å². The van der Waals surface area contributed by atoms with E-state index < -0.39 is 0 Å². The summed E-state index contributed by atoms with van der Waals surface area (Å²) in [5, 5.41) is 3.17. The molecule has 100 valence electrons. The monoisotopic (exact) mass is 321 g/mol. The standard InChI is InChI=1S/C14H16BrN3O/c1-9(2)14-17-12(7-13(19)18-14)16-8-10-3-5-11(15)6-4-10/h3-7,9H,8H2,1-2H3,(H2,16,17,18,19). The Morgan fingerprint density at radius 1 is 1.32 bits per heavy atom. The topological polar surface area (TPSA) is 57.8 Å². The zero-order valence-corrected chi connectivity index (χ0v) is 12.5. The summed E-state index contributed by atoms with van der Waals surface area (Å²) in [6.07, 6.45) is 0. The van der Waals surface area contributed by atoms with Crippen molar-refractivity contribution < 1.29 is 0 Å². The van der Waals surface area contributed by atoms with E-state index >= 15 is 0 Å². The molecule has 0 spiro atoms. The Bertz CT molecular complexity index is 605. The van der Waals surface area contributed by atoms with Gasteiger partial charge in [0.1, 0.15) is 11.6 Å². The molecule has 1 heterocycles. The van der Waals surface area contributed by atoms with E-state index in [1.807, 2.05) is 38.1 Å². The van der Waals surface area contributed by atoms with Crippen LogP contribution < -0.4 is 10.9 Å². The summed E-state index contributed by atoms with van der Waals surface area (Å²) >= 11 is 3.40. The fraction of sp³-hybridized carbons (Fsp3) is 0.286. The van der Waals surface area contributed by atoms with Crippen molar-refractivity contribution in [2.75, 3.05) is 5.32 Å². The second kappa shape index (κ2) is 6.02. The Balaban J connectivity index is 2.11. The van der Waals surface area contributed by atoms with Gasteiger partial charge in [0.05, 0.1) is 0 Å². The Morgan fingerprint density at radius 3 is 2.63 bits per heavy atom. The van der Waals surface area contributed by atoms with Gasteiger partial charge >= 0.3 is 0 Å². The number of hydrogen-bond acceptors (Lipinski definition) is 3. The van der Waals surface area contributed by atoms with Crippen LogP contribution in [0.2, 0.25) is 0 Å². The summed E-state index contributed by atoms with van der Waals surface area (Å²) in [5.41, 5.74) is 1.01. The molecule has 5 heteroatoms. The van der Waals surface area contributed by atoms with Crippen LogP contribution in [-0.2, 0) is 6.54 Å². The summed E-state index contributed by atoms with van der Waals surface area (Å²) in [5.74, 6) is 1.50. The third-order valence-corrected chi connectivity index (χ3v) is 3.22. The molecule has 2 aromatic rings. The lowest BCUT2D eigenvalue weighted by Crippen LogP contribution is -2.14. The molecule has 2 rings (SSSR count). The maximum Gasteiger partial charge on any atom is 0.252 e. The zero-order chi connectivity index (χ0) is 13.8. The van der Waals surface area contributed by atoms with Crippen LogP contribution in [0.25, 0.3) is 0 Å². The molecule has 4 nitrogen and oxygen atoms in total. The molecular weight excluding hydrogens is 306 g/mol. The van der Waals surface area contributed by atoms with Gasteiger partial charge < -0.3 is 10.3 Å². The number of rotatable bonds is 4. The first-order valence-corrected chi connectivity index (χ1v) is 6.93. The molecule has 0 aliphatic rings. The lowest BCUT2D eigenvalue weighted by atomic mass is 10.2. The van der Waals surface area contributed by atoms with Gasteiger partial charge in [0, 0.05) is 23.0 Å². The largest absolute Gasteiger partial charge is 0.366 e. The molecule has 0 radical (unpaired) electrons. The van der Waals surface area contributed by atoms with Crippen molar-refractivity contribution in [3.05, 3.63) is 56.5 Å². The maximum atomic E-state index is 11.5. The summed E-state index contributed by atoms with van der Waals surface area (Å²) in [6.45, 7) is 4.63. The van der Waals surface area contributed by atoms with Crippen molar-refractivity contribution in [3.8, 4) is 0 Å². The molecule has 0 aliphatic carbocycles. The minimum atomic E-state index is -0.128. The smallest absolute Gasteiger partial charge is 0.252 e. The van der Waals surface area contributed by atoms with Gasteiger partial charge in [-0.1, -0.05) is 41.9 Å². The first-order valence-electron chi connectivity index (χ1n) is 6.14. The first-order chi connectivity index (χ1) is 9.04. The van der Waals surface area contributed by atoms with Crippen LogP contribution in [0.15, 0.2) is 39.6 Å². The van der Waals surface area contributed by atoms with Crippen LogP contribution in [0.1, 0.15) is 31.2 Å². The van der Waals surface area contributed by atoms with E-state index in [4.69, 9.17) is 0 Å². The van der Waals surface area contributed by atoms with Gasteiger partial charge in [0.25, 0.3) is 5.56 Å². The van der Waals surface area contributed by atoms with E-state index in [2.05, 4.69) is 31.2 Å². The Morgan fingerprint density at radius 2 is 2.00 bits per heavy atom. The number of nitrogens with zero attached hydrogens (tertiary/aromatic N) is 1. The molecule has 0 atom stereocenters. The lowest BCUT2D eigenvalue weighted by Gasteiger charge is -2.09. The molecule has 0 bridgehead atoms. The maximum absolute atomic E-state index is 11.5. The van der Waals surface area contributed by atoms with E-state index in [9.17, 15) is 4.79 Å². The average molecular weight is 322 g/mol. The minimum absolute atomic E-state index is 0.128. The molecule has 0 aliphatic heterocycles. The number of anilines is 1. The quantitative estimate of drug-likeness (QED) is 0.908. The van der Waals surface area contributed by atoms with E-state index in [0.29, 0.717) is 18.2 Å². The van der Waals surface area contributed by atoms with Crippen molar-refractivity contribution in [1.29, 1.82) is 0 Å².